The molecule has 0 saturated heterocycles. The second-order valence-corrected chi connectivity index (χ2v) is 4.44. The number of amides is 2. The minimum absolute atomic E-state index is 0. The molecule has 3 N–H and O–H groups in total. The summed E-state index contributed by atoms with van der Waals surface area (Å²) in [6.07, 6.45) is 0. The van der Waals surface area contributed by atoms with E-state index in [1.807, 2.05) is 6.92 Å². The number of methoxy groups -OCH3 is 1. The zero-order valence-electron chi connectivity index (χ0n) is 13.6. The summed E-state index contributed by atoms with van der Waals surface area (Å²) in [6, 6.07) is 4.83. The molecule has 0 radical (unpaired) electrons. The molecule has 1 rings (SSSR count). The fraction of sp³-hybridized carbons (Fsp3) is 0.467. The van der Waals surface area contributed by atoms with Crippen LogP contribution in [-0.4, -0.2) is 52.2 Å². The van der Waals surface area contributed by atoms with Crippen LogP contribution >= 0.6 is 12.4 Å². The third-order valence-electron chi connectivity index (χ3n) is 2.90. The summed E-state index contributed by atoms with van der Waals surface area (Å²) >= 11 is 0. The highest BCUT2D eigenvalue weighted by Crippen LogP contribution is 2.27. The van der Waals surface area contributed by atoms with E-state index in [4.69, 9.17) is 9.47 Å². The summed E-state index contributed by atoms with van der Waals surface area (Å²) in [5.74, 6) is 0.389. The van der Waals surface area contributed by atoms with Crippen LogP contribution in [0.2, 0.25) is 0 Å². The lowest BCUT2D eigenvalue weighted by atomic mass is 10.2. The molecular formula is C15H24ClN3O4. The Kier molecular flexibility index (Phi) is 10.6. The molecule has 23 heavy (non-hydrogen) atoms. The van der Waals surface area contributed by atoms with Crippen molar-refractivity contribution in [1.82, 2.24) is 16.0 Å². The average molecular weight is 346 g/mol. The molecule has 0 unspecified atom stereocenters. The quantitative estimate of drug-likeness (QED) is 0.570. The monoisotopic (exact) mass is 345 g/mol. The van der Waals surface area contributed by atoms with Crippen LogP contribution in [0.15, 0.2) is 18.2 Å². The molecule has 0 spiro atoms. The van der Waals surface area contributed by atoms with E-state index in [2.05, 4.69) is 16.0 Å². The fourth-order valence-electron chi connectivity index (χ4n) is 1.69. The van der Waals surface area contributed by atoms with Crippen LogP contribution in [0.4, 0.5) is 0 Å². The molecule has 130 valence electrons. The first-order valence-electron chi connectivity index (χ1n) is 7.12. The lowest BCUT2D eigenvalue weighted by Gasteiger charge is -2.12. The molecule has 7 nitrogen and oxygen atoms in total. The van der Waals surface area contributed by atoms with Crippen molar-refractivity contribution in [1.29, 1.82) is 0 Å². The highest BCUT2D eigenvalue weighted by molar-refractivity contribution is 5.94. The van der Waals surface area contributed by atoms with Gasteiger partial charge in [-0.3, -0.25) is 9.59 Å². The number of carbonyl (C=O) groups is 2. The van der Waals surface area contributed by atoms with Gasteiger partial charge in [-0.1, -0.05) is 6.92 Å². The molecule has 1 aromatic rings. The summed E-state index contributed by atoms with van der Waals surface area (Å²) in [5, 5.41) is 8.39. The van der Waals surface area contributed by atoms with Crippen molar-refractivity contribution in [2.45, 2.75) is 6.92 Å². The summed E-state index contributed by atoms with van der Waals surface area (Å²) in [6.45, 7) is 4.02. The van der Waals surface area contributed by atoms with Gasteiger partial charge in [0, 0.05) is 25.7 Å². The largest absolute Gasteiger partial charge is 0.493 e. The number of hydrogen-bond donors (Lipinski definition) is 3. The molecule has 0 bridgehead atoms. The second-order valence-electron chi connectivity index (χ2n) is 4.44. The van der Waals surface area contributed by atoms with Gasteiger partial charge < -0.3 is 25.4 Å². The van der Waals surface area contributed by atoms with Crippen LogP contribution in [0.25, 0.3) is 0 Å². The molecule has 8 heteroatoms. The highest BCUT2D eigenvalue weighted by Gasteiger charge is 2.11. The molecule has 0 aromatic heterocycles. The van der Waals surface area contributed by atoms with Gasteiger partial charge in [0.15, 0.2) is 18.1 Å². The van der Waals surface area contributed by atoms with Crippen LogP contribution in [0.5, 0.6) is 11.5 Å². The van der Waals surface area contributed by atoms with E-state index in [0.29, 0.717) is 30.2 Å². The highest BCUT2D eigenvalue weighted by atomic mass is 35.5. The molecule has 1 aromatic carbocycles. The maximum atomic E-state index is 12.0. The molecular weight excluding hydrogens is 322 g/mol. The van der Waals surface area contributed by atoms with Gasteiger partial charge in [-0.15, -0.1) is 12.4 Å². The minimum atomic E-state index is -0.243. The predicted molar refractivity (Wildman–Crippen MR) is 90.7 cm³/mol. The third kappa shape index (κ3) is 7.21. The predicted octanol–water partition coefficient (Wildman–Crippen LogP) is 0.581. The lowest BCUT2D eigenvalue weighted by molar-refractivity contribution is -0.122. The molecule has 0 aliphatic carbocycles. The van der Waals surface area contributed by atoms with Gasteiger partial charge in [0.25, 0.3) is 11.8 Å². The van der Waals surface area contributed by atoms with Crippen LogP contribution < -0.4 is 25.4 Å². The topological polar surface area (TPSA) is 88.7 Å². The number of carbonyl (C=O) groups excluding carboxylic acids is 2. The third-order valence-corrected chi connectivity index (χ3v) is 2.90. The Labute approximate surface area is 142 Å². The first kappa shape index (κ1) is 21.0. The van der Waals surface area contributed by atoms with Gasteiger partial charge in [-0.2, -0.15) is 0 Å². The van der Waals surface area contributed by atoms with Crippen LogP contribution in [0, 0.1) is 0 Å². The Morgan fingerprint density at radius 3 is 2.52 bits per heavy atom. The van der Waals surface area contributed by atoms with E-state index >= 15 is 0 Å². The Balaban J connectivity index is 0.00000484. The van der Waals surface area contributed by atoms with Gasteiger partial charge in [-0.05, 0) is 24.7 Å². The number of nitrogens with one attached hydrogen (secondary N) is 3. The van der Waals surface area contributed by atoms with Crippen molar-refractivity contribution in [3.8, 4) is 11.5 Å². The maximum absolute atomic E-state index is 12.0. The first-order chi connectivity index (χ1) is 10.6. The number of halogens is 1. The van der Waals surface area contributed by atoms with Crippen molar-refractivity contribution in [3.63, 3.8) is 0 Å². The number of benzene rings is 1. The van der Waals surface area contributed by atoms with Crippen LogP contribution in [0.3, 0.4) is 0 Å². The molecule has 0 aliphatic rings. The van der Waals surface area contributed by atoms with Crippen molar-refractivity contribution in [3.05, 3.63) is 23.8 Å². The molecule has 0 fully saturated rings. The smallest absolute Gasteiger partial charge is 0.257 e. The Morgan fingerprint density at radius 2 is 1.91 bits per heavy atom. The second kappa shape index (κ2) is 11.6. The number of rotatable bonds is 9. The van der Waals surface area contributed by atoms with Gasteiger partial charge >= 0.3 is 0 Å². The fourth-order valence-corrected chi connectivity index (χ4v) is 1.69. The number of likely N-dealkylation sites (N-methyl/N-ethyl adjacent to an activating group) is 2. The Bertz CT molecular complexity index is 511. The van der Waals surface area contributed by atoms with Crippen LogP contribution in [-0.2, 0) is 4.79 Å². The first-order valence-corrected chi connectivity index (χ1v) is 7.12. The summed E-state index contributed by atoms with van der Waals surface area (Å²) in [7, 11) is 3.01. The van der Waals surface area contributed by atoms with E-state index < -0.39 is 0 Å². The minimum Gasteiger partial charge on any atom is -0.493 e. The molecule has 0 heterocycles. The van der Waals surface area contributed by atoms with E-state index in [9.17, 15) is 9.59 Å². The molecule has 0 atom stereocenters. The van der Waals surface area contributed by atoms with Crippen LogP contribution in [0.1, 0.15) is 17.3 Å². The van der Waals surface area contributed by atoms with Gasteiger partial charge in [0.1, 0.15) is 0 Å². The van der Waals surface area contributed by atoms with Crippen molar-refractivity contribution in [2.75, 3.05) is 40.4 Å². The van der Waals surface area contributed by atoms with Gasteiger partial charge in [-0.25, -0.2) is 0 Å². The summed E-state index contributed by atoms with van der Waals surface area (Å²) in [4.78, 5) is 23.2. The normalized spacial score (nSPS) is 9.52. The summed E-state index contributed by atoms with van der Waals surface area (Å²) < 4.78 is 10.5. The standard InChI is InChI=1S/C15H23N3O4.ClH/c1-4-17-7-8-18-15(20)11-5-6-12(13(9-11)21-3)22-10-14(19)16-2;/h5-6,9,17H,4,7-8,10H2,1-3H3,(H,16,19)(H,18,20);1H. The zero-order valence-corrected chi connectivity index (χ0v) is 14.4. The van der Waals surface area contributed by atoms with Gasteiger partial charge in [0.2, 0.25) is 0 Å². The molecule has 0 aliphatic heterocycles. The molecule has 0 saturated carbocycles. The maximum Gasteiger partial charge on any atom is 0.257 e. The average Bonchev–Trinajstić information content (AvgIpc) is 2.56. The summed E-state index contributed by atoms with van der Waals surface area (Å²) in [5.41, 5.74) is 0.473. The van der Waals surface area contributed by atoms with E-state index in [0.717, 1.165) is 6.54 Å². The van der Waals surface area contributed by atoms with Gasteiger partial charge in [0.05, 0.1) is 7.11 Å². The number of ether oxygens (including phenoxy) is 2. The van der Waals surface area contributed by atoms with Crippen molar-refractivity contribution < 1.29 is 19.1 Å². The Morgan fingerprint density at radius 1 is 1.17 bits per heavy atom. The number of hydrogen-bond acceptors (Lipinski definition) is 5. The zero-order chi connectivity index (χ0) is 16.4. The van der Waals surface area contributed by atoms with E-state index in [-0.39, 0.29) is 30.8 Å². The van der Waals surface area contributed by atoms with Crippen molar-refractivity contribution >= 4 is 24.2 Å². The van der Waals surface area contributed by atoms with Crippen molar-refractivity contribution in [2.24, 2.45) is 0 Å². The van der Waals surface area contributed by atoms with E-state index in [1.165, 1.54) is 14.2 Å². The molecule has 2 amide bonds. The lowest BCUT2D eigenvalue weighted by Crippen LogP contribution is -2.31. The SMILES string of the molecule is CCNCCNC(=O)c1ccc(OCC(=O)NC)c(OC)c1.Cl. The van der Waals surface area contributed by atoms with E-state index in [1.54, 1.807) is 18.2 Å². The Hall–Kier alpha value is -1.99.